The van der Waals surface area contributed by atoms with Crippen molar-refractivity contribution in [1.82, 2.24) is 10.2 Å². The third-order valence-electron chi connectivity index (χ3n) is 3.03. The van der Waals surface area contributed by atoms with Crippen molar-refractivity contribution in [2.45, 2.75) is 26.2 Å². The van der Waals surface area contributed by atoms with Crippen LogP contribution in [0.1, 0.15) is 36.8 Å². The van der Waals surface area contributed by atoms with Crippen LogP contribution in [0.2, 0.25) is 0 Å². The van der Waals surface area contributed by atoms with E-state index in [1.807, 2.05) is 43.4 Å². The van der Waals surface area contributed by atoms with Gasteiger partial charge in [-0.25, -0.2) is 0 Å². The summed E-state index contributed by atoms with van der Waals surface area (Å²) in [6.45, 7) is 6.07. The van der Waals surface area contributed by atoms with Gasteiger partial charge in [0.2, 0.25) is 0 Å². The third kappa shape index (κ3) is 3.62. The van der Waals surface area contributed by atoms with Gasteiger partial charge in [0.25, 0.3) is 11.6 Å². The molecule has 0 aliphatic heterocycles. The van der Waals surface area contributed by atoms with Crippen LogP contribution >= 0.6 is 22.6 Å². The smallest absolute Gasteiger partial charge is 0.270 e. The first-order valence-electron chi connectivity index (χ1n) is 6.49. The molecule has 0 bridgehead atoms. The predicted molar refractivity (Wildman–Crippen MR) is 91.1 cm³/mol. The molecular weight excluding hydrogens is 399 g/mol. The number of nitro groups is 1. The van der Waals surface area contributed by atoms with E-state index in [1.165, 1.54) is 12.1 Å². The number of anilines is 1. The van der Waals surface area contributed by atoms with E-state index >= 15 is 0 Å². The summed E-state index contributed by atoms with van der Waals surface area (Å²) in [5.41, 5.74) is 0.894. The highest BCUT2D eigenvalue weighted by Gasteiger charge is 2.19. The summed E-state index contributed by atoms with van der Waals surface area (Å²) in [5.74, 6) is -0.0442. The molecule has 0 aliphatic rings. The Morgan fingerprint density at radius 3 is 2.59 bits per heavy atom. The predicted octanol–water partition coefficient (Wildman–Crippen LogP) is 3.47. The second-order valence-corrected chi connectivity index (χ2v) is 6.95. The van der Waals surface area contributed by atoms with Crippen LogP contribution in [-0.4, -0.2) is 21.0 Å². The maximum absolute atomic E-state index is 12.3. The third-order valence-corrected chi connectivity index (χ3v) is 3.97. The Labute approximate surface area is 140 Å². The first kappa shape index (κ1) is 16.4. The zero-order valence-electron chi connectivity index (χ0n) is 12.3. The fraction of sp³-hybridized carbons (Fsp3) is 0.286. The normalized spacial score (nSPS) is 11.3. The fourth-order valence-electron chi connectivity index (χ4n) is 1.75. The van der Waals surface area contributed by atoms with Gasteiger partial charge in [0, 0.05) is 32.9 Å². The number of carbonyl (C=O) groups is 1. The first-order chi connectivity index (χ1) is 10.2. The molecule has 0 saturated carbocycles. The summed E-state index contributed by atoms with van der Waals surface area (Å²) >= 11 is 1.96. The molecule has 2 N–H and O–H groups in total. The van der Waals surface area contributed by atoms with Gasteiger partial charge < -0.3 is 5.32 Å². The number of hydrogen-bond acceptors (Lipinski definition) is 4. The van der Waals surface area contributed by atoms with Gasteiger partial charge in [-0.1, -0.05) is 20.8 Å². The molecule has 8 heteroatoms. The number of hydrogen-bond donors (Lipinski definition) is 2. The van der Waals surface area contributed by atoms with Crippen LogP contribution in [0, 0.1) is 13.7 Å². The molecule has 116 valence electrons. The lowest BCUT2D eigenvalue weighted by Gasteiger charge is -2.14. The molecular formula is C14H15IN4O3. The number of non-ortho nitro benzene ring substituents is 1. The van der Waals surface area contributed by atoms with Gasteiger partial charge in [0.05, 0.1) is 10.5 Å². The molecule has 1 heterocycles. The number of rotatable bonds is 3. The molecule has 2 aromatic rings. The molecule has 0 radical (unpaired) electrons. The van der Waals surface area contributed by atoms with Crippen LogP contribution in [0.3, 0.4) is 0 Å². The average molecular weight is 414 g/mol. The number of nitrogens with zero attached hydrogens (tertiary/aromatic N) is 2. The Morgan fingerprint density at radius 1 is 1.36 bits per heavy atom. The highest BCUT2D eigenvalue weighted by molar-refractivity contribution is 14.1. The van der Waals surface area contributed by atoms with Gasteiger partial charge in [-0.05, 0) is 28.7 Å². The fourth-order valence-corrected chi connectivity index (χ4v) is 2.33. The van der Waals surface area contributed by atoms with E-state index in [2.05, 4.69) is 15.5 Å². The Kier molecular flexibility index (Phi) is 4.50. The minimum absolute atomic E-state index is 0.115. The second kappa shape index (κ2) is 6.03. The number of benzene rings is 1. The Balaban J connectivity index is 2.24. The summed E-state index contributed by atoms with van der Waals surface area (Å²) in [6, 6.07) is 5.92. The van der Waals surface area contributed by atoms with Crippen molar-refractivity contribution in [3.63, 3.8) is 0 Å². The summed E-state index contributed by atoms with van der Waals surface area (Å²) in [4.78, 5) is 22.6. The van der Waals surface area contributed by atoms with Gasteiger partial charge >= 0.3 is 0 Å². The van der Waals surface area contributed by atoms with Gasteiger partial charge in [0.1, 0.15) is 0 Å². The van der Waals surface area contributed by atoms with Gasteiger partial charge in [-0.3, -0.25) is 20.0 Å². The van der Waals surface area contributed by atoms with E-state index in [9.17, 15) is 14.9 Å². The van der Waals surface area contributed by atoms with Crippen molar-refractivity contribution in [3.05, 3.63) is 49.2 Å². The molecule has 2 rings (SSSR count). The van der Waals surface area contributed by atoms with Crippen molar-refractivity contribution in [1.29, 1.82) is 0 Å². The second-order valence-electron chi connectivity index (χ2n) is 5.79. The quantitative estimate of drug-likeness (QED) is 0.456. The molecule has 0 saturated heterocycles. The summed E-state index contributed by atoms with van der Waals surface area (Å²) in [7, 11) is 0. The van der Waals surface area contributed by atoms with Gasteiger partial charge in [-0.15, -0.1) is 0 Å². The summed E-state index contributed by atoms with van der Waals surface area (Å²) < 4.78 is 0.632. The zero-order chi connectivity index (χ0) is 16.5. The molecule has 1 amide bonds. The molecule has 0 fully saturated rings. The Morgan fingerprint density at radius 2 is 2.05 bits per heavy atom. The minimum Gasteiger partial charge on any atom is -0.305 e. The van der Waals surface area contributed by atoms with Crippen LogP contribution in [-0.2, 0) is 5.41 Å². The molecule has 0 aliphatic carbocycles. The van der Waals surface area contributed by atoms with E-state index in [4.69, 9.17) is 0 Å². The van der Waals surface area contributed by atoms with E-state index in [-0.39, 0.29) is 16.7 Å². The molecule has 0 atom stereocenters. The zero-order valence-corrected chi connectivity index (χ0v) is 14.5. The van der Waals surface area contributed by atoms with Gasteiger partial charge in [-0.2, -0.15) is 5.10 Å². The van der Waals surface area contributed by atoms with E-state index < -0.39 is 10.8 Å². The van der Waals surface area contributed by atoms with Crippen molar-refractivity contribution in [3.8, 4) is 0 Å². The summed E-state index contributed by atoms with van der Waals surface area (Å²) in [6.07, 6.45) is 0. The van der Waals surface area contributed by atoms with Crippen LogP contribution in [0.15, 0.2) is 24.3 Å². The Bertz CT molecular complexity index is 734. The molecule has 0 spiro atoms. The van der Waals surface area contributed by atoms with Crippen molar-refractivity contribution < 1.29 is 9.72 Å². The monoisotopic (exact) mass is 414 g/mol. The lowest BCUT2D eigenvalue weighted by Crippen LogP contribution is -2.14. The SMILES string of the molecule is CC(C)(C)c1cc(NC(=O)c2cc([N+](=O)[O-])ccc2I)n[nH]1. The first-order valence-corrected chi connectivity index (χ1v) is 7.57. The number of aromatic nitrogens is 2. The van der Waals surface area contributed by atoms with Crippen molar-refractivity contribution >= 4 is 40.0 Å². The maximum atomic E-state index is 12.3. The largest absolute Gasteiger partial charge is 0.305 e. The minimum atomic E-state index is -0.529. The molecule has 22 heavy (non-hydrogen) atoms. The van der Waals surface area contributed by atoms with E-state index in [0.29, 0.717) is 9.39 Å². The van der Waals surface area contributed by atoms with Crippen LogP contribution < -0.4 is 5.32 Å². The van der Waals surface area contributed by atoms with Gasteiger partial charge in [0.15, 0.2) is 5.82 Å². The van der Waals surface area contributed by atoms with Crippen molar-refractivity contribution in [2.75, 3.05) is 5.32 Å². The molecule has 1 aromatic heterocycles. The highest BCUT2D eigenvalue weighted by atomic mass is 127. The number of aromatic amines is 1. The van der Waals surface area contributed by atoms with Crippen LogP contribution in [0.4, 0.5) is 11.5 Å². The standard InChI is InChI=1S/C14H15IN4O3/c1-14(2,3)11-7-12(18-17-11)16-13(20)9-6-8(19(21)22)4-5-10(9)15/h4-7H,1-3H3,(H2,16,17,18,20). The van der Waals surface area contributed by atoms with Crippen LogP contribution in [0.5, 0.6) is 0 Å². The Hall–Kier alpha value is -1.97. The molecule has 7 nitrogen and oxygen atoms in total. The number of H-pyrrole nitrogens is 1. The number of amides is 1. The van der Waals surface area contributed by atoms with Crippen molar-refractivity contribution in [2.24, 2.45) is 0 Å². The summed E-state index contributed by atoms with van der Waals surface area (Å²) in [5, 5.41) is 20.4. The van der Waals surface area contributed by atoms with E-state index in [0.717, 1.165) is 5.69 Å². The maximum Gasteiger partial charge on any atom is 0.270 e. The highest BCUT2D eigenvalue weighted by Crippen LogP contribution is 2.23. The lowest BCUT2D eigenvalue weighted by atomic mass is 9.92. The van der Waals surface area contributed by atoms with E-state index in [1.54, 1.807) is 12.1 Å². The van der Waals surface area contributed by atoms with Crippen LogP contribution in [0.25, 0.3) is 0 Å². The molecule has 0 unspecified atom stereocenters. The number of halogens is 1. The number of nitro benzene ring substituents is 1. The number of carbonyl (C=O) groups excluding carboxylic acids is 1. The number of nitrogens with one attached hydrogen (secondary N) is 2. The lowest BCUT2D eigenvalue weighted by molar-refractivity contribution is -0.384. The average Bonchev–Trinajstić information content (AvgIpc) is 2.87. The topological polar surface area (TPSA) is 101 Å². The molecule has 1 aromatic carbocycles.